The maximum absolute atomic E-state index is 11.7. The second-order valence-electron chi connectivity index (χ2n) is 4.03. The smallest absolute Gasteiger partial charge is 0.239 e. The molecule has 1 rings (SSSR count). The molecule has 1 aromatic heterocycles. The third-order valence-corrected chi connectivity index (χ3v) is 3.53. The zero-order chi connectivity index (χ0) is 13.0. The number of rotatable bonds is 5. The average molecular weight is 303 g/mol. The number of nitrogens with zero attached hydrogens (tertiary/aromatic N) is 2. The number of hydrogen-bond donors (Lipinski definition) is 2. The molecule has 0 aliphatic carbocycles. The van der Waals surface area contributed by atoms with Crippen molar-refractivity contribution in [2.45, 2.75) is 25.2 Å². The van der Waals surface area contributed by atoms with Crippen LogP contribution in [0.4, 0.5) is 5.69 Å². The first-order valence-electron chi connectivity index (χ1n) is 5.16. The quantitative estimate of drug-likeness (QED) is 0.786. The van der Waals surface area contributed by atoms with Crippen LogP contribution >= 0.6 is 15.9 Å². The highest BCUT2D eigenvalue weighted by Crippen LogP contribution is 2.15. The Kier molecular flexibility index (Phi) is 4.68. The average Bonchev–Trinajstić information content (AvgIpc) is 2.63. The summed E-state index contributed by atoms with van der Waals surface area (Å²) < 4.78 is 1.37. The number of alkyl halides is 1. The highest BCUT2D eigenvalue weighted by atomic mass is 79.9. The Bertz CT molecular complexity index is 416. The van der Waals surface area contributed by atoms with Gasteiger partial charge in [-0.05, 0) is 5.92 Å². The van der Waals surface area contributed by atoms with Crippen molar-refractivity contribution < 1.29 is 9.59 Å². The van der Waals surface area contributed by atoms with E-state index in [1.807, 2.05) is 13.8 Å². The number of carbonyl (C=O) groups is 2. The molecule has 1 heterocycles. The van der Waals surface area contributed by atoms with Gasteiger partial charge in [-0.1, -0.05) is 29.8 Å². The van der Waals surface area contributed by atoms with Crippen molar-refractivity contribution in [2.24, 2.45) is 11.7 Å². The van der Waals surface area contributed by atoms with Gasteiger partial charge in [0.05, 0.1) is 16.7 Å². The largest absolute Gasteiger partial charge is 0.368 e. The SMILES string of the molecule is CC(C)C(Br)C(=O)Nc1cnn(CC(N)=O)c1. The van der Waals surface area contributed by atoms with Crippen LogP contribution in [0.1, 0.15) is 13.8 Å². The number of primary amides is 1. The Balaban J connectivity index is 2.60. The number of carbonyl (C=O) groups excluding carboxylic acids is 2. The van der Waals surface area contributed by atoms with Crippen LogP contribution in [0.25, 0.3) is 0 Å². The molecule has 17 heavy (non-hydrogen) atoms. The number of aromatic nitrogens is 2. The Morgan fingerprint density at radius 1 is 1.59 bits per heavy atom. The molecule has 0 aromatic carbocycles. The predicted octanol–water partition coefficient (Wildman–Crippen LogP) is 0.726. The third kappa shape index (κ3) is 4.18. The van der Waals surface area contributed by atoms with Crippen molar-refractivity contribution in [1.29, 1.82) is 0 Å². The molecule has 0 saturated carbocycles. The lowest BCUT2D eigenvalue weighted by Gasteiger charge is -2.12. The molecule has 0 saturated heterocycles. The maximum atomic E-state index is 11.7. The fourth-order valence-corrected chi connectivity index (χ4v) is 1.30. The van der Waals surface area contributed by atoms with Crippen LogP contribution in [0.3, 0.4) is 0 Å². The first-order chi connectivity index (χ1) is 7.90. The lowest BCUT2D eigenvalue weighted by Crippen LogP contribution is -2.26. The van der Waals surface area contributed by atoms with Crippen LogP contribution in [0.5, 0.6) is 0 Å². The minimum atomic E-state index is -0.480. The Hall–Kier alpha value is -1.37. The van der Waals surface area contributed by atoms with Gasteiger partial charge in [0.2, 0.25) is 11.8 Å². The first-order valence-corrected chi connectivity index (χ1v) is 6.07. The molecule has 1 atom stereocenters. The van der Waals surface area contributed by atoms with E-state index in [-0.39, 0.29) is 23.2 Å². The topological polar surface area (TPSA) is 90.0 Å². The van der Waals surface area contributed by atoms with Crippen molar-refractivity contribution in [1.82, 2.24) is 9.78 Å². The molecule has 0 aliphatic rings. The summed E-state index contributed by atoms with van der Waals surface area (Å²) in [6, 6.07) is 0. The van der Waals surface area contributed by atoms with E-state index in [1.165, 1.54) is 10.9 Å². The standard InChI is InChI=1S/C10H15BrN4O2/c1-6(2)9(11)10(17)14-7-3-13-15(4-7)5-8(12)16/h3-4,6,9H,5H2,1-2H3,(H2,12,16)(H,14,17). The number of nitrogens with one attached hydrogen (secondary N) is 1. The zero-order valence-corrected chi connectivity index (χ0v) is 11.3. The van der Waals surface area contributed by atoms with Gasteiger partial charge >= 0.3 is 0 Å². The lowest BCUT2D eigenvalue weighted by atomic mass is 10.1. The third-order valence-electron chi connectivity index (χ3n) is 2.05. The summed E-state index contributed by atoms with van der Waals surface area (Å²) >= 11 is 3.30. The highest BCUT2D eigenvalue weighted by Gasteiger charge is 2.18. The summed E-state index contributed by atoms with van der Waals surface area (Å²) in [6.07, 6.45) is 3.03. The van der Waals surface area contributed by atoms with Crippen molar-refractivity contribution in [3.8, 4) is 0 Å². The summed E-state index contributed by atoms with van der Waals surface area (Å²) in [7, 11) is 0. The first kappa shape index (κ1) is 13.7. The van der Waals surface area contributed by atoms with E-state index in [0.29, 0.717) is 5.69 Å². The van der Waals surface area contributed by atoms with E-state index in [9.17, 15) is 9.59 Å². The normalized spacial score (nSPS) is 12.5. The van der Waals surface area contributed by atoms with Gasteiger partial charge in [0.1, 0.15) is 6.54 Å². The fraction of sp³-hybridized carbons (Fsp3) is 0.500. The van der Waals surface area contributed by atoms with Crippen molar-refractivity contribution in [3.05, 3.63) is 12.4 Å². The van der Waals surface area contributed by atoms with Crippen LogP contribution in [-0.2, 0) is 16.1 Å². The summed E-state index contributed by atoms with van der Waals surface area (Å²) in [6.45, 7) is 3.88. The molecule has 0 bridgehead atoms. The molecule has 0 spiro atoms. The van der Waals surface area contributed by atoms with Crippen LogP contribution in [0.15, 0.2) is 12.4 Å². The van der Waals surface area contributed by atoms with E-state index in [4.69, 9.17) is 5.73 Å². The molecule has 0 fully saturated rings. The Labute approximate surface area is 108 Å². The van der Waals surface area contributed by atoms with Crippen LogP contribution < -0.4 is 11.1 Å². The molecule has 1 unspecified atom stereocenters. The van der Waals surface area contributed by atoms with Gasteiger partial charge in [0.15, 0.2) is 0 Å². The molecule has 0 aliphatic heterocycles. The molecule has 7 heteroatoms. The zero-order valence-electron chi connectivity index (χ0n) is 9.68. The van der Waals surface area contributed by atoms with Gasteiger partial charge in [0, 0.05) is 6.20 Å². The minimum Gasteiger partial charge on any atom is -0.368 e. The summed E-state index contributed by atoms with van der Waals surface area (Å²) in [5, 5.41) is 6.59. The Morgan fingerprint density at radius 2 is 2.24 bits per heavy atom. The van der Waals surface area contributed by atoms with E-state index in [0.717, 1.165) is 0 Å². The summed E-state index contributed by atoms with van der Waals surface area (Å²) in [4.78, 5) is 22.1. The number of anilines is 1. The van der Waals surface area contributed by atoms with Crippen LogP contribution in [0, 0.1) is 5.92 Å². The molecular formula is C10H15BrN4O2. The minimum absolute atomic E-state index is 0.00219. The number of amides is 2. The van der Waals surface area contributed by atoms with Gasteiger partial charge in [-0.15, -0.1) is 0 Å². The number of halogens is 1. The molecular weight excluding hydrogens is 288 g/mol. The van der Waals surface area contributed by atoms with Crippen molar-refractivity contribution in [2.75, 3.05) is 5.32 Å². The molecule has 6 nitrogen and oxygen atoms in total. The second-order valence-corrected chi connectivity index (χ2v) is 5.01. The summed E-state index contributed by atoms with van der Waals surface area (Å²) in [5.74, 6) is -0.430. The summed E-state index contributed by atoms with van der Waals surface area (Å²) in [5.41, 5.74) is 5.57. The van der Waals surface area contributed by atoms with Crippen LogP contribution in [-0.4, -0.2) is 26.4 Å². The second kappa shape index (κ2) is 5.81. The van der Waals surface area contributed by atoms with Gasteiger partial charge in [-0.25, -0.2) is 0 Å². The fourth-order valence-electron chi connectivity index (χ4n) is 1.19. The lowest BCUT2D eigenvalue weighted by molar-refractivity contribution is -0.118. The van der Waals surface area contributed by atoms with Crippen molar-refractivity contribution in [3.63, 3.8) is 0 Å². The number of hydrogen-bond acceptors (Lipinski definition) is 3. The molecule has 0 radical (unpaired) electrons. The molecule has 94 valence electrons. The molecule has 1 aromatic rings. The van der Waals surface area contributed by atoms with Gasteiger partial charge in [0.25, 0.3) is 0 Å². The van der Waals surface area contributed by atoms with Crippen LogP contribution in [0.2, 0.25) is 0 Å². The monoisotopic (exact) mass is 302 g/mol. The van der Waals surface area contributed by atoms with E-state index in [1.54, 1.807) is 6.20 Å². The van der Waals surface area contributed by atoms with E-state index in [2.05, 4.69) is 26.3 Å². The number of nitrogens with two attached hydrogens (primary N) is 1. The highest BCUT2D eigenvalue weighted by molar-refractivity contribution is 9.10. The van der Waals surface area contributed by atoms with Crippen molar-refractivity contribution >= 4 is 33.4 Å². The van der Waals surface area contributed by atoms with Gasteiger partial charge in [-0.2, -0.15) is 5.10 Å². The van der Waals surface area contributed by atoms with E-state index < -0.39 is 5.91 Å². The Morgan fingerprint density at radius 3 is 2.76 bits per heavy atom. The predicted molar refractivity (Wildman–Crippen MR) is 67.6 cm³/mol. The van der Waals surface area contributed by atoms with E-state index >= 15 is 0 Å². The molecule has 2 amide bonds. The molecule has 3 N–H and O–H groups in total. The van der Waals surface area contributed by atoms with Gasteiger partial charge < -0.3 is 11.1 Å². The maximum Gasteiger partial charge on any atom is 0.239 e. The van der Waals surface area contributed by atoms with Gasteiger partial charge in [-0.3, -0.25) is 14.3 Å².